The van der Waals surface area contributed by atoms with Gasteiger partial charge < -0.3 is 10.3 Å². The van der Waals surface area contributed by atoms with Crippen LogP contribution in [0.25, 0.3) is 11.3 Å². The molecular weight excluding hydrogens is 302 g/mol. The molecule has 0 saturated carbocycles. The van der Waals surface area contributed by atoms with E-state index in [-0.39, 0.29) is 18.0 Å². The van der Waals surface area contributed by atoms with Crippen LogP contribution in [0.3, 0.4) is 0 Å². The van der Waals surface area contributed by atoms with Crippen LogP contribution in [0.15, 0.2) is 48.8 Å². The SMILES string of the molecule is CC(C)n1ccc(C(=O)N[C@@H](C)c2ncc(-c3ccccc3)[nH]2)n1. The molecule has 0 saturated heterocycles. The van der Waals surface area contributed by atoms with Crippen molar-refractivity contribution in [3.63, 3.8) is 0 Å². The Morgan fingerprint density at radius 3 is 2.58 bits per heavy atom. The maximum Gasteiger partial charge on any atom is 0.272 e. The number of aromatic amines is 1. The van der Waals surface area contributed by atoms with Gasteiger partial charge in [-0.25, -0.2) is 4.98 Å². The van der Waals surface area contributed by atoms with E-state index in [0.717, 1.165) is 11.3 Å². The van der Waals surface area contributed by atoms with Crippen molar-refractivity contribution in [3.05, 3.63) is 60.3 Å². The molecular formula is C18H21N5O. The first-order chi connectivity index (χ1) is 11.5. The van der Waals surface area contributed by atoms with Crippen LogP contribution < -0.4 is 5.32 Å². The molecule has 0 radical (unpaired) electrons. The van der Waals surface area contributed by atoms with Crippen LogP contribution >= 0.6 is 0 Å². The van der Waals surface area contributed by atoms with Gasteiger partial charge in [-0.15, -0.1) is 0 Å². The smallest absolute Gasteiger partial charge is 0.272 e. The molecule has 2 aromatic heterocycles. The Kier molecular flexibility index (Phi) is 4.46. The molecule has 3 aromatic rings. The van der Waals surface area contributed by atoms with Crippen LogP contribution in [-0.4, -0.2) is 25.7 Å². The molecule has 1 aromatic carbocycles. The van der Waals surface area contributed by atoms with Gasteiger partial charge in [-0.1, -0.05) is 30.3 Å². The first-order valence-electron chi connectivity index (χ1n) is 8.01. The average molecular weight is 323 g/mol. The molecule has 6 nitrogen and oxygen atoms in total. The van der Waals surface area contributed by atoms with Gasteiger partial charge in [-0.2, -0.15) is 5.10 Å². The average Bonchev–Trinajstić information content (AvgIpc) is 3.25. The third kappa shape index (κ3) is 3.37. The van der Waals surface area contributed by atoms with E-state index in [0.29, 0.717) is 11.5 Å². The summed E-state index contributed by atoms with van der Waals surface area (Å²) >= 11 is 0. The van der Waals surface area contributed by atoms with Gasteiger partial charge in [0.15, 0.2) is 0 Å². The van der Waals surface area contributed by atoms with E-state index < -0.39 is 0 Å². The lowest BCUT2D eigenvalue weighted by Gasteiger charge is -2.10. The van der Waals surface area contributed by atoms with E-state index in [1.54, 1.807) is 16.9 Å². The normalized spacial score (nSPS) is 12.3. The van der Waals surface area contributed by atoms with Crippen molar-refractivity contribution < 1.29 is 4.79 Å². The largest absolute Gasteiger partial charge is 0.341 e. The number of imidazole rings is 1. The number of carbonyl (C=O) groups excluding carboxylic acids is 1. The molecule has 0 aliphatic rings. The van der Waals surface area contributed by atoms with Gasteiger partial charge in [0.05, 0.1) is 17.9 Å². The summed E-state index contributed by atoms with van der Waals surface area (Å²) in [4.78, 5) is 19.9. The summed E-state index contributed by atoms with van der Waals surface area (Å²) in [7, 11) is 0. The number of hydrogen-bond donors (Lipinski definition) is 2. The first kappa shape index (κ1) is 16.0. The van der Waals surface area contributed by atoms with Gasteiger partial charge in [0, 0.05) is 12.2 Å². The second-order valence-corrected chi connectivity index (χ2v) is 6.02. The summed E-state index contributed by atoms with van der Waals surface area (Å²) < 4.78 is 1.76. The third-order valence-electron chi connectivity index (χ3n) is 3.81. The highest BCUT2D eigenvalue weighted by atomic mass is 16.2. The Balaban J connectivity index is 1.69. The maximum absolute atomic E-state index is 12.3. The van der Waals surface area contributed by atoms with Gasteiger partial charge in [-0.3, -0.25) is 9.48 Å². The van der Waals surface area contributed by atoms with Crippen LogP contribution in [-0.2, 0) is 0 Å². The fourth-order valence-electron chi connectivity index (χ4n) is 2.41. The van der Waals surface area contributed by atoms with Crippen molar-refractivity contribution in [2.45, 2.75) is 32.9 Å². The number of hydrogen-bond acceptors (Lipinski definition) is 3. The number of nitrogens with zero attached hydrogens (tertiary/aromatic N) is 3. The Hall–Kier alpha value is -2.89. The minimum Gasteiger partial charge on any atom is -0.341 e. The topological polar surface area (TPSA) is 75.6 Å². The third-order valence-corrected chi connectivity index (χ3v) is 3.81. The van der Waals surface area contributed by atoms with Crippen LogP contribution in [0.1, 0.15) is 49.2 Å². The molecule has 0 fully saturated rings. The number of carbonyl (C=O) groups is 1. The Morgan fingerprint density at radius 2 is 1.92 bits per heavy atom. The van der Waals surface area contributed by atoms with Gasteiger partial charge >= 0.3 is 0 Å². The predicted molar refractivity (Wildman–Crippen MR) is 92.5 cm³/mol. The molecule has 3 rings (SSSR count). The highest BCUT2D eigenvalue weighted by molar-refractivity contribution is 5.92. The molecule has 2 N–H and O–H groups in total. The van der Waals surface area contributed by atoms with Gasteiger partial charge in [0.2, 0.25) is 0 Å². The number of benzene rings is 1. The van der Waals surface area contributed by atoms with E-state index in [9.17, 15) is 4.79 Å². The number of H-pyrrole nitrogens is 1. The molecule has 6 heteroatoms. The second kappa shape index (κ2) is 6.70. The number of aromatic nitrogens is 4. The molecule has 0 bridgehead atoms. The molecule has 0 aliphatic carbocycles. The van der Waals surface area contributed by atoms with E-state index in [1.807, 2.05) is 57.3 Å². The summed E-state index contributed by atoms with van der Waals surface area (Å²) in [6, 6.07) is 11.7. The summed E-state index contributed by atoms with van der Waals surface area (Å²) in [6.45, 7) is 5.93. The van der Waals surface area contributed by atoms with Crippen molar-refractivity contribution in [1.29, 1.82) is 0 Å². The van der Waals surface area contributed by atoms with Crippen molar-refractivity contribution >= 4 is 5.91 Å². The lowest BCUT2D eigenvalue weighted by Crippen LogP contribution is -2.28. The Morgan fingerprint density at radius 1 is 1.17 bits per heavy atom. The molecule has 2 heterocycles. The zero-order valence-corrected chi connectivity index (χ0v) is 14.0. The highest BCUT2D eigenvalue weighted by Crippen LogP contribution is 2.19. The monoisotopic (exact) mass is 323 g/mol. The quantitative estimate of drug-likeness (QED) is 0.756. The number of amides is 1. The van der Waals surface area contributed by atoms with Crippen molar-refractivity contribution in [2.24, 2.45) is 0 Å². The van der Waals surface area contributed by atoms with Crippen LogP contribution in [0, 0.1) is 0 Å². The molecule has 124 valence electrons. The Labute approximate surface area is 140 Å². The first-order valence-corrected chi connectivity index (χ1v) is 8.01. The number of nitrogens with one attached hydrogen (secondary N) is 2. The minimum absolute atomic E-state index is 0.209. The second-order valence-electron chi connectivity index (χ2n) is 6.02. The van der Waals surface area contributed by atoms with Gasteiger partial charge in [0.25, 0.3) is 5.91 Å². The zero-order chi connectivity index (χ0) is 17.1. The fourth-order valence-corrected chi connectivity index (χ4v) is 2.41. The molecule has 24 heavy (non-hydrogen) atoms. The number of rotatable bonds is 5. The lowest BCUT2D eigenvalue weighted by atomic mass is 10.2. The molecule has 1 amide bonds. The van der Waals surface area contributed by atoms with E-state index in [2.05, 4.69) is 20.4 Å². The van der Waals surface area contributed by atoms with E-state index in [4.69, 9.17) is 0 Å². The van der Waals surface area contributed by atoms with E-state index >= 15 is 0 Å². The summed E-state index contributed by atoms with van der Waals surface area (Å²) in [6.07, 6.45) is 3.59. The van der Waals surface area contributed by atoms with Gasteiger partial charge in [-0.05, 0) is 32.4 Å². The van der Waals surface area contributed by atoms with Crippen LogP contribution in [0.2, 0.25) is 0 Å². The van der Waals surface area contributed by atoms with Crippen LogP contribution in [0.4, 0.5) is 0 Å². The van der Waals surface area contributed by atoms with Crippen molar-refractivity contribution in [2.75, 3.05) is 0 Å². The van der Waals surface area contributed by atoms with Gasteiger partial charge in [0.1, 0.15) is 11.5 Å². The molecule has 0 unspecified atom stereocenters. The Bertz CT molecular complexity index is 819. The van der Waals surface area contributed by atoms with Crippen molar-refractivity contribution in [3.8, 4) is 11.3 Å². The van der Waals surface area contributed by atoms with E-state index in [1.165, 1.54) is 0 Å². The zero-order valence-electron chi connectivity index (χ0n) is 14.0. The molecule has 0 aliphatic heterocycles. The lowest BCUT2D eigenvalue weighted by molar-refractivity contribution is 0.0932. The highest BCUT2D eigenvalue weighted by Gasteiger charge is 2.16. The fraction of sp³-hybridized carbons (Fsp3) is 0.278. The summed E-state index contributed by atoms with van der Waals surface area (Å²) in [5.41, 5.74) is 2.40. The molecule has 1 atom stereocenters. The maximum atomic E-state index is 12.3. The summed E-state index contributed by atoms with van der Waals surface area (Å²) in [5.74, 6) is 0.505. The minimum atomic E-state index is -0.237. The predicted octanol–water partition coefficient (Wildman–Crippen LogP) is 3.35. The standard InChI is InChI=1S/C18H21N5O/c1-12(2)23-10-9-15(22-23)18(24)20-13(3)17-19-11-16(21-17)14-7-5-4-6-8-14/h4-13H,1-3H3,(H,19,21)(H,20,24)/t13-/m0/s1. The molecule has 0 spiro atoms. The van der Waals surface area contributed by atoms with Crippen molar-refractivity contribution in [1.82, 2.24) is 25.1 Å². The van der Waals surface area contributed by atoms with Crippen LogP contribution in [0.5, 0.6) is 0 Å². The summed E-state index contributed by atoms with van der Waals surface area (Å²) in [5, 5.41) is 7.20.